The lowest BCUT2D eigenvalue weighted by Crippen LogP contribution is -2.24. The summed E-state index contributed by atoms with van der Waals surface area (Å²) in [5, 5.41) is 14.8. The standard InChI is InChI=1S/C24H21N3O8/c1-32-18-10-8-17(9-11-18)24(29)35-21-12-7-16(13-22(21)33-2)14-25-26-23(28)15-34-20-6-4-3-5-19(20)27(30)31/h3-14H,15H2,1-2H3,(H,26,28). The first-order valence-electron chi connectivity index (χ1n) is 10.1. The van der Waals surface area contributed by atoms with E-state index in [-0.39, 0.29) is 22.9 Å². The highest BCUT2D eigenvalue weighted by Gasteiger charge is 2.15. The van der Waals surface area contributed by atoms with Crippen LogP contribution >= 0.6 is 0 Å². The molecule has 11 nitrogen and oxygen atoms in total. The van der Waals surface area contributed by atoms with Crippen LogP contribution in [-0.4, -0.2) is 43.8 Å². The number of amides is 1. The van der Waals surface area contributed by atoms with Gasteiger partial charge in [-0.25, -0.2) is 10.2 Å². The summed E-state index contributed by atoms with van der Waals surface area (Å²) in [5.41, 5.74) is 2.90. The maximum Gasteiger partial charge on any atom is 0.343 e. The van der Waals surface area contributed by atoms with Crippen molar-refractivity contribution in [2.75, 3.05) is 20.8 Å². The fourth-order valence-corrected chi connectivity index (χ4v) is 2.82. The Kier molecular flexibility index (Phi) is 8.33. The highest BCUT2D eigenvalue weighted by molar-refractivity contribution is 5.92. The van der Waals surface area contributed by atoms with E-state index in [1.165, 1.54) is 44.7 Å². The minimum absolute atomic E-state index is 0.0267. The number of benzene rings is 3. The lowest BCUT2D eigenvalue weighted by molar-refractivity contribution is -0.385. The first kappa shape index (κ1) is 24.7. The molecule has 0 spiro atoms. The van der Waals surface area contributed by atoms with Crippen LogP contribution in [0.5, 0.6) is 23.0 Å². The normalized spacial score (nSPS) is 10.5. The van der Waals surface area contributed by atoms with E-state index in [2.05, 4.69) is 10.5 Å². The third-order valence-corrected chi connectivity index (χ3v) is 4.54. The number of esters is 1. The Morgan fingerprint density at radius 3 is 2.40 bits per heavy atom. The molecule has 0 radical (unpaired) electrons. The number of hydrazone groups is 1. The summed E-state index contributed by atoms with van der Waals surface area (Å²) < 4.78 is 21.0. The summed E-state index contributed by atoms with van der Waals surface area (Å²) >= 11 is 0. The number of rotatable bonds is 10. The maximum absolute atomic E-state index is 12.4. The minimum Gasteiger partial charge on any atom is -0.497 e. The van der Waals surface area contributed by atoms with E-state index >= 15 is 0 Å². The van der Waals surface area contributed by atoms with Crippen LogP contribution in [-0.2, 0) is 4.79 Å². The van der Waals surface area contributed by atoms with Gasteiger partial charge in [-0.05, 0) is 54.1 Å². The molecule has 0 fully saturated rings. The van der Waals surface area contributed by atoms with E-state index in [4.69, 9.17) is 18.9 Å². The molecule has 35 heavy (non-hydrogen) atoms. The van der Waals surface area contributed by atoms with E-state index in [1.807, 2.05) is 0 Å². The largest absolute Gasteiger partial charge is 0.497 e. The fourth-order valence-electron chi connectivity index (χ4n) is 2.82. The van der Waals surface area contributed by atoms with Gasteiger partial charge in [0.2, 0.25) is 0 Å². The molecule has 0 aromatic heterocycles. The number of nitro benzene ring substituents is 1. The van der Waals surface area contributed by atoms with E-state index in [1.54, 1.807) is 42.5 Å². The molecule has 0 atom stereocenters. The van der Waals surface area contributed by atoms with Gasteiger partial charge in [0, 0.05) is 6.07 Å². The second-order valence-corrected chi connectivity index (χ2v) is 6.84. The van der Waals surface area contributed by atoms with Crippen LogP contribution in [0.3, 0.4) is 0 Å². The molecular weight excluding hydrogens is 458 g/mol. The number of nitrogens with zero attached hydrogens (tertiary/aromatic N) is 2. The number of hydrogen-bond donors (Lipinski definition) is 1. The first-order valence-corrected chi connectivity index (χ1v) is 10.1. The molecule has 0 saturated carbocycles. The zero-order valence-corrected chi connectivity index (χ0v) is 18.8. The molecule has 0 aliphatic carbocycles. The molecule has 0 bridgehead atoms. The van der Waals surface area contributed by atoms with Gasteiger partial charge in [-0.3, -0.25) is 14.9 Å². The Morgan fingerprint density at radius 2 is 1.71 bits per heavy atom. The molecule has 0 aliphatic rings. The predicted octanol–water partition coefficient (Wildman–Crippen LogP) is 3.36. The average Bonchev–Trinajstić information content (AvgIpc) is 2.88. The maximum atomic E-state index is 12.4. The molecule has 1 N–H and O–H groups in total. The van der Waals surface area contributed by atoms with E-state index < -0.39 is 23.4 Å². The van der Waals surface area contributed by atoms with Crippen LogP contribution in [0.25, 0.3) is 0 Å². The van der Waals surface area contributed by atoms with Crippen molar-refractivity contribution in [1.82, 2.24) is 5.43 Å². The number of carbonyl (C=O) groups is 2. The molecule has 0 aliphatic heterocycles. The predicted molar refractivity (Wildman–Crippen MR) is 125 cm³/mol. The highest BCUT2D eigenvalue weighted by atomic mass is 16.6. The van der Waals surface area contributed by atoms with Gasteiger partial charge in [-0.2, -0.15) is 5.10 Å². The third-order valence-electron chi connectivity index (χ3n) is 4.54. The molecule has 3 rings (SSSR count). The fraction of sp³-hybridized carbons (Fsp3) is 0.125. The van der Waals surface area contributed by atoms with E-state index in [9.17, 15) is 19.7 Å². The number of carbonyl (C=O) groups excluding carboxylic acids is 2. The first-order chi connectivity index (χ1) is 16.9. The smallest absolute Gasteiger partial charge is 0.343 e. The summed E-state index contributed by atoms with van der Waals surface area (Å²) in [5.74, 6) is -0.118. The molecule has 3 aromatic rings. The average molecular weight is 479 g/mol. The van der Waals surface area contributed by atoms with Crippen molar-refractivity contribution in [3.05, 3.63) is 88.0 Å². The number of nitrogens with one attached hydrogen (secondary N) is 1. The quantitative estimate of drug-likeness (QED) is 0.154. The van der Waals surface area contributed by atoms with Crippen LogP contribution in [0.2, 0.25) is 0 Å². The number of para-hydroxylation sites is 2. The number of ether oxygens (including phenoxy) is 4. The molecule has 1 amide bonds. The van der Waals surface area contributed by atoms with Gasteiger partial charge in [-0.1, -0.05) is 12.1 Å². The summed E-state index contributed by atoms with van der Waals surface area (Å²) in [6, 6.07) is 16.9. The second-order valence-electron chi connectivity index (χ2n) is 6.84. The second kappa shape index (κ2) is 11.8. The monoisotopic (exact) mass is 479 g/mol. The van der Waals surface area contributed by atoms with Crippen LogP contribution in [0.4, 0.5) is 5.69 Å². The highest BCUT2D eigenvalue weighted by Crippen LogP contribution is 2.29. The van der Waals surface area contributed by atoms with Gasteiger partial charge in [-0.15, -0.1) is 0 Å². The lowest BCUT2D eigenvalue weighted by Gasteiger charge is -2.10. The van der Waals surface area contributed by atoms with Crippen molar-refractivity contribution in [1.29, 1.82) is 0 Å². The van der Waals surface area contributed by atoms with Gasteiger partial charge < -0.3 is 18.9 Å². The Hall–Kier alpha value is -4.93. The lowest BCUT2D eigenvalue weighted by atomic mass is 10.2. The Bertz CT molecular complexity index is 1240. The van der Waals surface area contributed by atoms with Crippen LogP contribution in [0.1, 0.15) is 15.9 Å². The minimum atomic E-state index is -0.614. The summed E-state index contributed by atoms with van der Waals surface area (Å²) in [7, 11) is 2.95. The SMILES string of the molecule is COc1ccc(C(=O)Oc2ccc(C=NNC(=O)COc3ccccc3[N+](=O)[O-])cc2OC)cc1. The van der Waals surface area contributed by atoms with Gasteiger partial charge in [0.15, 0.2) is 23.9 Å². The van der Waals surface area contributed by atoms with Crippen LogP contribution in [0.15, 0.2) is 71.8 Å². The molecule has 180 valence electrons. The Balaban J connectivity index is 1.57. The molecule has 0 unspecified atom stereocenters. The molecule has 0 heterocycles. The van der Waals surface area contributed by atoms with Crippen molar-refractivity contribution in [3.8, 4) is 23.0 Å². The van der Waals surface area contributed by atoms with Crippen LogP contribution < -0.4 is 24.4 Å². The third kappa shape index (κ3) is 6.78. The zero-order chi connectivity index (χ0) is 25.2. The molecule has 11 heteroatoms. The van der Waals surface area contributed by atoms with Crippen LogP contribution in [0, 0.1) is 10.1 Å². The Labute approximate surface area is 200 Å². The topological polar surface area (TPSA) is 139 Å². The van der Waals surface area contributed by atoms with Crippen molar-refractivity contribution in [3.63, 3.8) is 0 Å². The zero-order valence-electron chi connectivity index (χ0n) is 18.8. The summed E-state index contributed by atoms with van der Waals surface area (Å²) in [4.78, 5) is 34.7. The van der Waals surface area contributed by atoms with Crippen molar-refractivity contribution >= 4 is 23.8 Å². The van der Waals surface area contributed by atoms with Gasteiger partial charge in [0.25, 0.3) is 5.91 Å². The molecule has 0 saturated heterocycles. The summed E-state index contributed by atoms with van der Waals surface area (Å²) in [6.07, 6.45) is 1.35. The van der Waals surface area contributed by atoms with Crippen molar-refractivity contribution < 1.29 is 33.5 Å². The molecule has 3 aromatic carbocycles. The molecular formula is C24H21N3O8. The summed E-state index contributed by atoms with van der Waals surface area (Å²) in [6.45, 7) is -0.467. The van der Waals surface area contributed by atoms with Crippen molar-refractivity contribution in [2.24, 2.45) is 5.10 Å². The van der Waals surface area contributed by atoms with Gasteiger partial charge >= 0.3 is 11.7 Å². The number of methoxy groups -OCH3 is 2. The van der Waals surface area contributed by atoms with E-state index in [0.717, 1.165) is 0 Å². The Morgan fingerprint density at radius 1 is 0.971 bits per heavy atom. The van der Waals surface area contributed by atoms with E-state index in [0.29, 0.717) is 16.9 Å². The number of hydrogen-bond acceptors (Lipinski definition) is 9. The van der Waals surface area contributed by atoms with Gasteiger partial charge in [0.1, 0.15) is 5.75 Å². The van der Waals surface area contributed by atoms with Crippen molar-refractivity contribution in [2.45, 2.75) is 0 Å². The van der Waals surface area contributed by atoms with Gasteiger partial charge in [0.05, 0.1) is 30.9 Å². The number of nitro groups is 1.